The third-order valence-electron chi connectivity index (χ3n) is 2.61. The minimum absolute atomic E-state index is 0.0372. The van der Waals surface area contributed by atoms with Crippen molar-refractivity contribution in [2.24, 2.45) is 5.10 Å². The van der Waals surface area contributed by atoms with E-state index in [-0.39, 0.29) is 11.5 Å². The number of benzene rings is 1. The van der Waals surface area contributed by atoms with Crippen molar-refractivity contribution < 1.29 is 19.6 Å². The summed E-state index contributed by atoms with van der Waals surface area (Å²) in [7, 11) is 0. The maximum atomic E-state index is 10.8. The van der Waals surface area contributed by atoms with Crippen molar-refractivity contribution in [2.45, 2.75) is 0 Å². The zero-order chi connectivity index (χ0) is 16.7. The molecule has 0 spiro atoms. The molecule has 2 rings (SSSR count). The average Bonchev–Trinajstić information content (AvgIpc) is 2.54. The fourth-order valence-electron chi connectivity index (χ4n) is 1.59. The fraction of sp³-hybridized carbons (Fsp3) is 0.0714. The first-order valence-corrected chi connectivity index (χ1v) is 6.39. The van der Waals surface area contributed by atoms with Gasteiger partial charge in [-0.25, -0.2) is 9.78 Å². The van der Waals surface area contributed by atoms with Gasteiger partial charge in [0, 0.05) is 12.3 Å². The summed E-state index contributed by atoms with van der Waals surface area (Å²) in [5, 5.41) is 23.2. The van der Waals surface area contributed by atoms with Crippen molar-refractivity contribution in [3.8, 4) is 5.75 Å². The summed E-state index contributed by atoms with van der Waals surface area (Å²) in [6.07, 6.45) is 2.86. The monoisotopic (exact) mass is 316 g/mol. The molecule has 0 aliphatic carbocycles. The predicted octanol–water partition coefficient (Wildman–Crippen LogP) is 1.90. The largest absolute Gasteiger partial charge is 0.482 e. The molecule has 9 nitrogen and oxygen atoms in total. The number of carboxylic acid groups (broad SMARTS) is 1. The Morgan fingerprint density at radius 1 is 1.39 bits per heavy atom. The van der Waals surface area contributed by atoms with Gasteiger partial charge in [0.15, 0.2) is 6.61 Å². The van der Waals surface area contributed by atoms with Gasteiger partial charge in [0.05, 0.1) is 11.1 Å². The summed E-state index contributed by atoms with van der Waals surface area (Å²) in [6.45, 7) is -0.418. The van der Waals surface area contributed by atoms with E-state index >= 15 is 0 Å². The van der Waals surface area contributed by atoms with E-state index in [4.69, 9.17) is 9.84 Å². The molecule has 1 heterocycles. The molecule has 0 bridgehead atoms. The van der Waals surface area contributed by atoms with Crippen LogP contribution in [0.1, 0.15) is 5.56 Å². The molecule has 1 aromatic heterocycles. The Hall–Kier alpha value is -3.49. The lowest BCUT2D eigenvalue weighted by Gasteiger charge is -2.03. The van der Waals surface area contributed by atoms with Crippen molar-refractivity contribution in [1.29, 1.82) is 0 Å². The number of aromatic nitrogens is 1. The Morgan fingerprint density at radius 3 is 2.78 bits per heavy atom. The molecule has 2 N–H and O–H groups in total. The average molecular weight is 316 g/mol. The minimum atomic E-state index is -1.06. The van der Waals surface area contributed by atoms with E-state index in [9.17, 15) is 14.9 Å². The lowest BCUT2D eigenvalue weighted by atomic mass is 10.2. The van der Waals surface area contributed by atoms with E-state index in [1.807, 2.05) is 0 Å². The summed E-state index contributed by atoms with van der Waals surface area (Å²) in [6, 6.07) is 9.29. The van der Waals surface area contributed by atoms with Crippen LogP contribution in [0, 0.1) is 10.1 Å². The number of rotatable bonds is 7. The van der Waals surface area contributed by atoms with Crippen LogP contribution in [-0.2, 0) is 4.79 Å². The molecule has 23 heavy (non-hydrogen) atoms. The third kappa shape index (κ3) is 4.77. The number of hydrogen-bond acceptors (Lipinski definition) is 7. The van der Waals surface area contributed by atoms with E-state index in [1.165, 1.54) is 24.5 Å². The zero-order valence-corrected chi connectivity index (χ0v) is 11.7. The molecule has 1 aromatic carbocycles. The number of ether oxygens (including phenoxy) is 1. The Morgan fingerprint density at radius 2 is 2.13 bits per heavy atom. The highest BCUT2D eigenvalue weighted by molar-refractivity contribution is 5.80. The van der Waals surface area contributed by atoms with Crippen LogP contribution in [0.25, 0.3) is 0 Å². The maximum absolute atomic E-state index is 10.8. The maximum Gasteiger partial charge on any atom is 0.341 e. The number of hydrazone groups is 1. The van der Waals surface area contributed by atoms with Gasteiger partial charge in [0.1, 0.15) is 5.75 Å². The fourth-order valence-corrected chi connectivity index (χ4v) is 1.59. The summed E-state index contributed by atoms with van der Waals surface area (Å²) >= 11 is 0. The van der Waals surface area contributed by atoms with Crippen molar-refractivity contribution >= 4 is 23.7 Å². The van der Waals surface area contributed by atoms with Gasteiger partial charge in [-0.15, -0.1) is 0 Å². The second-order valence-corrected chi connectivity index (χ2v) is 4.25. The quantitative estimate of drug-likeness (QED) is 0.453. The molecular formula is C14H12N4O5. The number of carboxylic acids is 1. The first-order chi connectivity index (χ1) is 11.1. The summed E-state index contributed by atoms with van der Waals surface area (Å²) in [4.78, 5) is 24.5. The number of hydrogen-bond donors (Lipinski definition) is 2. The van der Waals surface area contributed by atoms with Crippen LogP contribution < -0.4 is 10.2 Å². The molecule has 0 atom stereocenters. The van der Waals surface area contributed by atoms with Gasteiger partial charge in [-0.1, -0.05) is 0 Å². The number of carbonyl (C=O) groups is 1. The molecule has 0 radical (unpaired) electrons. The van der Waals surface area contributed by atoms with Crippen LogP contribution in [0.2, 0.25) is 0 Å². The molecule has 0 aliphatic heterocycles. The highest BCUT2D eigenvalue weighted by atomic mass is 16.6. The molecule has 118 valence electrons. The Kier molecular flexibility index (Phi) is 5.18. The summed E-state index contributed by atoms with van der Waals surface area (Å²) in [5.74, 6) is -0.607. The number of anilines is 1. The van der Waals surface area contributed by atoms with Gasteiger partial charge in [-0.3, -0.25) is 15.5 Å². The second kappa shape index (κ2) is 7.50. The van der Waals surface area contributed by atoms with Crippen LogP contribution in [0.15, 0.2) is 47.7 Å². The number of aliphatic carboxylic acids is 1. The van der Waals surface area contributed by atoms with E-state index in [0.29, 0.717) is 11.3 Å². The Balaban J connectivity index is 1.98. The smallest absolute Gasteiger partial charge is 0.341 e. The highest BCUT2D eigenvalue weighted by Crippen LogP contribution is 2.20. The molecule has 9 heteroatoms. The SMILES string of the molecule is O=C(O)COc1ccc(/C=N\Nc2ncccc2[N+](=O)[O-])cc1. The first kappa shape index (κ1) is 15.9. The normalized spacial score (nSPS) is 10.4. The van der Waals surface area contributed by atoms with Gasteiger partial charge >= 0.3 is 11.7 Å². The minimum Gasteiger partial charge on any atom is -0.482 e. The van der Waals surface area contributed by atoms with Crippen LogP contribution in [-0.4, -0.2) is 33.8 Å². The second-order valence-electron chi connectivity index (χ2n) is 4.25. The third-order valence-corrected chi connectivity index (χ3v) is 2.61. The van der Waals surface area contributed by atoms with Gasteiger partial charge in [0.25, 0.3) is 0 Å². The Labute approximate surface area is 130 Å². The molecule has 0 amide bonds. The van der Waals surface area contributed by atoms with Crippen LogP contribution >= 0.6 is 0 Å². The van der Waals surface area contributed by atoms with E-state index in [1.54, 1.807) is 24.3 Å². The highest BCUT2D eigenvalue weighted by Gasteiger charge is 2.12. The summed E-state index contributed by atoms with van der Waals surface area (Å²) < 4.78 is 4.99. The number of nitro groups is 1. The van der Waals surface area contributed by atoms with E-state index < -0.39 is 17.5 Å². The molecule has 0 saturated heterocycles. The zero-order valence-electron chi connectivity index (χ0n) is 11.7. The topological polar surface area (TPSA) is 127 Å². The molecule has 0 unspecified atom stereocenters. The van der Waals surface area contributed by atoms with E-state index in [0.717, 1.165) is 0 Å². The van der Waals surface area contributed by atoms with Crippen LogP contribution in [0.5, 0.6) is 5.75 Å². The van der Waals surface area contributed by atoms with E-state index in [2.05, 4.69) is 15.5 Å². The lowest BCUT2D eigenvalue weighted by Crippen LogP contribution is -2.09. The first-order valence-electron chi connectivity index (χ1n) is 6.39. The number of nitrogens with zero attached hydrogens (tertiary/aromatic N) is 3. The Bertz CT molecular complexity index is 730. The van der Waals surface area contributed by atoms with Gasteiger partial charge < -0.3 is 9.84 Å². The molecule has 0 saturated carbocycles. The van der Waals surface area contributed by atoms with Crippen molar-refractivity contribution in [1.82, 2.24) is 4.98 Å². The predicted molar refractivity (Wildman–Crippen MR) is 81.7 cm³/mol. The van der Waals surface area contributed by atoms with Gasteiger partial charge in [-0.2, -0.15) is 5.10 Å². The molecule has 0 aliphatic rings. The van der Waals surface area contributed by atoms with Crippen molar-refractivity contribution in [3.05, 3.63) is 58.3 Å². The van der Waals surface area contributed by atoms with Crippen molar-refractivity contribution in [3.63, 3.8) is 0 Å². The molecular weight excluding hydrogens is 304 g/mol. The van der Waals surface area contributed by atoms with Gasteiger partial charge in [0.2, 0.25) is 5.82 Å². The van der Waals surface area contributed by atoms with Crippen LogP contribution in [0.4, 0.5) is 11.5 Å². The summed E-state index contributed by atoms with van der Waals surface area (Å²) in [5.41, 5.74) is 3.02. The standard InChI is InChI=1S/C14H12N4O5/c19-13(20)9-23-11-5-3-10(4-6-11)8-16-17-14-12(18(21)22)2-1-7-15-14/h1-8H,9H2,(H,15,17)(H,19,20)/b16-8-. The van der Waals surface area contributed by atoms with Crippen LogP contribution in [0.3, 0.4) is 0 Å². The number of pyridine rings is 1. The lowest BCUT2D eigenvalue weighted by molar-refractivity contribution is -0.384. The van der Waals surface area contributed by atoms with Gasteiger partial charge in [-0.05, 0) is 35.9 Å². The van der Waals surface area contributed by atoms with Crippen molar-refractivity contribution in [2.75, 3.05) is 12.0 Å². The number of nitrogens with one attached hydrogen (secondary N) is 1. The molecule has 2 aromatic rings. The molecule has 0 fully saturated rings.